The van der Waals surface area contributed by atoms with Gasteiger partial charge in [0.05, 0.1) is 33.2 Å². The van der Waals surface area contributed by atoms with Gasteiger partial charge in [0.2, 0.25) is 0 Å². The lowest BCUT2D eigenvalue weighted by atomic mass is 10.1. The Morgan fingerprint density at radius 2 is 2.11 bits per heavy atom. The highest BCUT2D eigenvalue weighted by Crippen LogP contribution is 2.21. The van der Waals surface area contributed by atoms with Crippen LogP contribution in [-0.4, -0.2) is 24.0 Å². The number of ether oxygens (including phenoxy) is 2. The van der Waals surface area contributed by atoms with Crippen LogP contribution >= 0.6 is 0 Å². The Labute approximate surface area is 106 Å². The van der Waals surface area contributed by atoms with Crippen molar-refractivity contribution in [1.82, 2.24) is 9.78 Å². The zero-order chi connectivity index (χ0) is 13.0. The van der Waals surface area contributed by atoms with Gasteiger partial charge in [0, 0.05) is 12.1 Å². The summed E-state index contributed by atoms with van der Waals surface area (Å²) in [4.78, 5) is 0. The van der Waals surface area contributed by atoms with Crippen molar-refractivity contribution < 1.29 is 9.47 Å². The summed E-state index contributed by atoms with van der Waals surface area (Å²) in [6.07, 6.45) is 3.52. The molecule has 2 N–H and O–H groups in total. The van der Waals surface area contributed by atoms with Gasteiger partial charge in [-0.1, -0.05) is 6.07 Å². The third-order valence-corrected chi connectivity index (χ3v) is 2.76. The van der Waals surface area contributed by atoms with Crippen LogP contribution < -0.4 is 15.2 Å². The third kappa shape index (κ3) is 2.62. The Morgan fingerprint density at radius 3 is 2.72 bits per heavy atom. The summed E-state index contributed by atoms with van der Waals surface area (Å²) in [6, 6.07) is 5.93. The number of nitrogens with two attached hydrogens (primary N) is 1. The minimum atomic E-state index is 0.513. The molecule has 0 spiro atoms. The van der Waals surface area contributed by atoms with Gasteiger partial charge in [0.15, 0.2) is 5.75 Å². The van der Waals surface area contributed by atoms with Crippen molar-refractivity contribution in [3.8, 4) is 11.5 Å². The first-order chi connectivity index (χ1) is 8.76. The van der Waals surface area contributed by atoms with Crippen molar-refractivity contribution in [3.05, 3.63) is 41.7 Å². The maximum Gasteiger partial charge on any atom is 0.156 e. The zero-order valence-corrected chi connectivity index (χ0v) is 10.6. The molecule has 0 radical (unpaired) electrons. The van der Waals surface area contributed by atoms with Crippen LogP contribution in [0.3, 0.4) is 0 Å². The molecule has 0 atom stereocenters. The smallest absolute Gasteiger partial charge is 0.156 e. The summed E-state index contributed by atoms with van der Waals surface area (Å²) in [6.45, 7) is 1.14. The molecule has 0 unspecified atom stereocenters. The molecule has 1 aromatic carbocycles. The van der Waals surface area contributed by atoms with Gasteiger partial charge in [-0.05, 0) is 17.7 Å². The fraction of sp³-hybridized carbons (Fsp3) is 0.308. The van der Waals surface area contributed by atoms with Gasteiger partial charge >= 0.3 is 0 Å². The van der Waals surface area contributed by atoms with Gasteiger partial charge in [0.1, 0.15) is 5.75 Å². The fourth-order valence-electron chi connectivity index (χ4n) is 1.79. The van der Waals surface area contributed by atoms with Crippen LogP contribution in [-0.2, 0) is 13.1 Å². The normalized spacial score (nSPS) is 10.4. The molecule has 0 fully saturated rings. The minimum absolute atomic E-state index is 0.513. The number of methoxy groups -OCH3 is 2. The predicted octanol–water partition coefficient (Wildman–Crippen LogP) is 1.41. The Morgan fingerprint density at radius 1 is 1.28 bits per heavy atom. The Hall–Kier alpha value is -2.01. The number of hydrogen-bond acceptors (Lipinski definition) is 4. The van der Waals surface area contributed by atoms with Gasteiger partial charge < -0.3 is 15.2 Å². The van der Waals surface area contributed by atoms with Crippen molar-refractivity contribution in [1.29, 1.82) is 0 Å². The van der Waals surface area contributed by atoms with Crippen LogP contribution in [0.15, 0.2) is 30.6 Å². The summed E-state index contributed by atoms with van der Waals surface area (Å²) in [5.74, 6) is 1.57. The van der Waals surface area contributed by atoms with E-state index in [-0.39, 0.29) is 0 Å². The van der Waals surface area contributed by atoms with Crippen molar-refractivity contribution in [3.63, 3.8) is 0 Å². The van der Waals surface area contributed by atoms with Crippen LogP contribution in [0.4, 0.5) is 0 Å². The van der Waals surface area contributed by atoms with Gasteiger partial charge in [-0.3, -0.25) is 4.68 Å². The Kier molecular flexibility index (Phi) is 3.84. The number of nitrogens with zero attached hydrogens (tertiary/aromatic N) is 2. The van der Waals surface area contributed by atoms with E-state index < -0.39 is 0 Å². The number of aromatic nitrogens is 2. The highest BCUT2D eigenvalue weighted by atomic mass is 16.5. The lowest BCUT2D eigenvalue weighted by Crippen LogP contribution is -2.04. The molecule has 5 heteroatoms. The van der Waals surface area contributed by atoms with Crippen LogP contribution in [0.1, 0.15) is 11.1 Å². The molecule has 0 aliphatic heterocycles. The van der Waals surface area contributed by atoms with Crippen molar-refractivity contribution >= 4 is 0 Å². The highest BCUT2D eigenvalue weighted by Gasteiger charge is 2.06. The van der Waals surface area contributed by atoms with Gasteiger partial charge in [-0.15, -0.1) is 0 Å². The fourth-order valence-corrected chi connectivity index (χ4v) is 1.79. The molecule has 0 saturated heterocycles. The number of benzene rings is 1. The van der Waals surface area contributed by atoms with Crippen LogP contribution in [0.5, 0.6) is 11.5 Å². The molecule has 5 nitrogen and oxygen atoms in total. The molecule has 0 saturated carbocycles. The topological polar surface area (TPSA) is 62.3 Å². The summed E-state index contributed by atoms with van der Waals surface area (Å²) >= 11 is 0. The number of rotatable bonds is 5. The number of hydrogen-bond donors (Lipinski definition) is 1. The second-order valence-electron chi connectivity index (χ2n) is 3.93. The molecule has 96 valence electrons. The maximum absolute atomic E-state index is 5.65. The molecule has 2 rings (SSSR count). The van der Waals surface area contributed by atoms with E-state index in [0.717, 1.165) is 22.6 Å². The lowest BCUT2D eigenvalue weighted by Gasteiger charge is -2.10. The summed E-state index contributed by atoms with van der Waals surface area (Å²) < 4.78 is 12.2. The molecule has 1 heterocycles. The minimum Gasteiger partial charge on any atom is -0.496 e. The van der Waals surface area contributed by atoms with Crippen LogP contribution in [0.2, 0.25) is 0 Å². The van der Waals surface area contributed by atoms with Crippen LogP contribution in [0, 0.1) is 0 Å². The summed E-state index contributed by atoms with van der Waals surface area (Å²) in [5, 5.41) is 4.22. The van der Waals surface area contributed by atoms with E-state index in [1.165, 1.54) is 0 Å². The zero-order valence-electron chi connectivity index (χ0n) is 10.6. The van der Waals surface area contributed by atoms with Crippen molar-refractivity contribution in [2.45, 2.75) is 13.1 Å². The molecule has 0 bridgehead atoms. The first-order valence-electron chi connectivity index (χ1n) is 5.69. The predicted molar refractivity (Wildman–Crippen MR) is 68.8 cm³/mol. The SMILES string of the molecule is COc1cnn(Cc2cc(CN)ccc2OC)c1. The first kappa shape index (κ1) is 12.4. The quantitative estimate of drug-likeness (QED) is 0.867. The van der Waals surface area contributed by atoms with Crippen molar-refractivity contribution in [2.75, 3.05) is 14.2 Å². The molecular weight excluding hydrogens is 230 g/mol. The van der Waals surface area contributed by atoms with E-state index in [1.54, 1.807) is 25.1 Å². The average molecular weight is 247 g/mol. The van der Waals surface area contributed by atoms with Crippen LogP contribution in [0.25, 0.3) is 0 Å². The summed E-state index contributed by atoms with van der Waals surface area (Å²) in [5.41, 5.74) is 7.77. The Bertz CT molecular complexity index is 523. The van der Waals surface area contributed by atoms with Gasteiger partial charge in [-0.25, -0.2) is 0 Å². The van der Waals surface area contributed by atoms with E-state index in [0.29, 0.717) is 13.1 Å². The second kappa shape index (κ2) is 5.55. The third-order valence-electron chi connectivity index (χ3n) is 2.76. The van der Waals surface area contributed by atoms with Gasteiger partial charge in [-0.2, -0.15) is 5.10 Å². The first-order valence-corrected chi connectivity index (χ1v) is 5.69. The molecular formula is C13H17N3O2. The highest BCUT2D eigenvalue weighted by molar-refractivity contribution is 5.37. The molecule has 0 aliphatic rings. The lowest BCUT2D eigenvalue weighted by molar-refractivity contribution is 0.406. The standard InChI is InChI=1S/C13H17N3O2/c1-17-12-7-15-16(9-12)8-11-5-10(6-14)3-4-13(11)18-2/h3-5,7,9H,6,8,14H2,1-2H3. The van der Waals surface area contributed by atoms with E-state index in [1.807, 2.05) is 24.4 Å². The maximum atomic E-state index is 5.65. The van der Waals surface area contributed by atoms with E-state index in [2.05, 4.69) is 5.10 Å². The second-order valence-corrected chi connectivity index (χ2v) is 3.93. The Balaban J connectivity index is 2.25. The van der Waals surface area contributed by atoms with E-state index in [9.17, 15) is 0 Å². The monoisotopic (exact) mass is 247 g/mol. The molecule has 0 amide bonds. The molecule has 2 aromatic rings. The molecule has 18 heavy (non-hydrogen) atoms. The van der Waals surface area contributed by atoms with E-state index >= 15 is 0 Å². The average Bonchev–Trinajstić information content (AvgIpc) is 2.86. The summed E-state index contributed by atoms with van der Waals surface area (Å²) in [7, 11) is 3.28. The largest absolute Gasteiger partial charge is 0.496 e. The van der Waals surface area contributed by atoms with E-state index in [4.69, 9.17) is 15.2 Å². The van der Waals surface area contributed by atoms with Gasteiger partial charge in [0.25, 0.3) is 0 Å². The molecule has 0 aliphatic carbocycles. The molecule has 1 aromatic heterocycles. The van der Waals surface area contributed by atoms with Crippen molar-refractivity contribution in [2.24, 2.45) is 5.73 Å².